The van der Waals surface area contributed by atoms with Gasteiger partial charge in [-0.1, -0.05) is 0 Å². The van der Waals surface area contributed by atoms with E-state index in [1.165, 1.54) is 0 Å². The zero-order valence-corrected chi connectivity index (χ0v) is 14.1. The Morgan fingerprint density at radius 1 is 1.26 bits per heavy atom. The summed E-state index contributed by atoms with van der Waals surface area (Å²) < 4.78 is 2.06. The van der Waals surface area contributed by atoms with Gasteiger partial charge in [0.25, 0.3) is 0 Å². The number of thiazole rings is 1. The van der Waals surface area contributed by atoms with Gasteiger partial charge in [-0.15, -0.1) is 11.3 Å². The average Bonchev–Trinajstić information content (AvgIpc) is 3.10. The molecule has 0 aromatic carbocycles. The minimum absolute atomic E-state index is 0.118. The van der Waals surface area contributed by atoms with Crippen LogP contribution in [-0.4, -0.2) is 49.4 Å². The molecule has 7 heteroatoms. The van der Waals surface area contributed by atoms with Gasteiger partial charge in [0.1, 0.15) is 5.82 Å². The quantitative estimate of drug-likeness (QED) is 0.852. The normalized spacial score (nSPS) is 25.1. The van der Waals surface area contributed by atoms with Gasteiger partial charge >= 0.3 is 0 Å². The highest BCUT2D eigenvalue weighted by Gasteiger charge is 2.40. The Labute approximate surface area is 139 Å². The first kappa shape index (κ1) is 14.8. The van der Waals surface area contributed by atoms with E-state index < -0.39 is 0 Å². The van der Waals surface area contributed by atoms with E-state index >= 15 is 0 Å². The van der Waals surface area contributed by atoms with Gasteiger partial charge < -0.3 is 9.47 Å². The number of imidazole rings is 1. The number of amides is 1. The highest BCUT2D eigenvalue weighted by molar-refractivity contribution is 7.07. The number of carbonyl (C=O) groups excluding carboxylic acids is 1. The SMILES string of the molecule is Cn1ccnc1CN1C[C@@H]2CC[C@H](C1)N(Cc1cscn1)C2=O. The van der Waals surface area contributed by atoms with Gasteiger partial charge in [0.15, 0.2) is 0 Å². The van der Waals surface area contributed by atoms with Crippen LogP contribution < -0.4 is 0 Å². The first-order valence-corrected chi connectivity index (χ1v) is 9.01. The maximum Gasteiger partial charge on any atom is 0.227 e. The third kappa shape index (κ3) is 2.90. The smallest absolute Gasteiger partial charge is 0.227 e. The van der Waals surface area contributed by atoms with E-state index in [0.29, 0.717) is 18.5 Å². The summed E-state index contributed by atoms with van der Waals surface area (Å²) in [4.78, 5) is 26.0. The Balaban J connectivity index is 1.51. The van der Waals surface area contributed by atoms with Crippen molar-refractivity contribution in [3.05, 3.63) is 34.8 Å². The van der Waals surface area contributed by atoms with Gasteiger partial charge in [-0.25, -0.2) is 9.97 Å². The monoisotopic (exact) mass is 331 g/mol. The van der Waals surface area contributed by atoms with Crippen molar-refractivity contribution in [1.82, 2.24) is 24.3 Å². The number of hydrogen-bond acceptors (Lipinski definition) is 5. The van der Waals surface area contributed by atoms with Crippen molar-refractivity contribution in [1.29, 1.82) is 0 Å². The van der Waals surface area contributed by atoms with Crippen molar-refractivity contribution in [2.75, 3.05) is 13.1 Å². The van der Waals surface area contributed by atoms with Crippen LogP contribution >= 0.6 is 11.3 Å². The fourth-order valence-corrected chi connectivity index (χ4v) is 4.26. The zero-order valence-electron chi connectivity index (χ0n) is 13.3. The number of rotatable bonds is 4. The van der Waals surface area contributed by atoms with E-state index in [0.717, 1.165) is 44.0 Å². The summed E-state index contributed by atoms with van der Waals surface area (Å²) in [5.74, 6) is 1.48. The Morgan fingerprint density at radius 3 is 2.91 bits per heavy atom. The molecule has 0 N–H and O–H groups in total. The van der Waals surface area contributed by atoms with Gasteiger partial charge in [-0.2, -0.15) is 0 Å². The molecule has 5 heterocycles. The molecule has 23 heavy (non-hydrogen) atoms. The molecule has 0 saturated carbocycles. The van der Waals surface area contributed by atoms with Crippen molar-refractivity contribution in [3.8, 4) is 0 Å². The largest absolute Gasteiger partial charge is 0.337 e. The van der Waals surface area contributed by atoms with Crippen molar-refractivity contribution >= 4 is 17.2 Å². The average molecular weight is 331 g/mol. The number of piperidine rings is 1. The Morgan fingerprint density at radius 2 is 2.17 bits per heavy atom. The second-order valence-corrected chi connectivity index (χ2v) is 7.24. The van der Waals surface area contributed by atoms with Crippen LogP contribution in [0.25, 0.3) is 0 Å². The lowest BCUT2D eigenvalue weighted by Gasteiger charge is -2.35. The van der Waals surface area contributed by atoms with Crippen LogP contribution in [0.5, 0.6) is 0 Å². The zero-order chi connectivity index (χ0) is 15.8. The molecule has 2 aromatic rings. The summed E-state index contributed by atoms with van der Waals surface area (Å²) in [5.41, 5.74) is 2.84. The standard InChI is InChI=1S/C16H21N5OS/c1-19-5-4-17-15(19)9-20-6-12-2-3-14(8-20)21(16(12)22)7-13-10-23-11-18-13/h4-5,10-12,14H,2-3,6-9H2,1H3/t12-,14+/m0/s1. The van der Waals surface area contributed by atoms with Gasteiger partial charge in [-0.05, 0) is 12.8 Å². The first-order chi connectivity index (χ1) is 11.2. The number of hydrogen-bond donors (Lipinski definition) is 0. The van der Waals surface area contributed by atoms with Crippen LogP contribution in [0.3, 0.4) is 0 Å². The second kappa shape index (κ2) is 6.05. The Hall–Kier alpha value is -1.73. The molecule has 3 aliphatic heterocycles. The minimum Gasteiger partial charge on any atom is -0.337 e. The molecule has 0 unspecified atom stereocenters. The van der Waals surface area contributed by atoms with E-state index in [4.69, 9.17) is 0 Å². The summed E-state index contributed by atoms with van der Waals surface area (Å²) >= 11 is 1.59. The molecular weight excluding hydrogens is 310 g/mol. The van der Waals surface area contributed by atoms with E-state index in [1.54, 1.807) is 11.3 Å². The molecule has 1 amide bonds. The first-order valence-electron chi connectivity index (χ1n) is 8.07. The van der Waals surface area contributed by atoms with Gasteiger partial charge in [-0.3, -0.25) is 9.69 Å². The van der Waals surface area contributed by atoms with E-state index in [1.807, 2.05) is 30.3 Å². The lowest BCUT2D eigenvalue weighted by atomic mass is 9.94. The maximum absolute atomic E-state index is 12.8. The summed E-state index contributed by atoms with van der Waals surface area (Å²) in [5, 5.41) is 2.04. The highest BCUT2D eigenvalue weighted by Crippen LogP contribution is 2.30. The van der Waals surface area contributed by atoms with E-state index in [9.17, 15) is 4.79 Å². The summed E-state index contributed by atoms with van der Waals surface area (Å²) in [6, 6.07) is 0.295. The van der Waals surface area contributed by atoms with Gasteiger partial charge in [0.2, 0.25) is 5.91 Å². The molecule has 5 rings (SSSR count). The number of aromatic nitrogens is 3. The van der Waals surface area contributed by atoms with Crippen molar-refractivity contribution < 1.29 is 4.79 Å². The number of aryl methyl sites for hydroxylation is 1. The van der Waals surface area contributed by atoms with Crippen LogP contribution in [-0.2, 0) is 24.9 Å². The topological polar surface area (TPSA) is 54.3 Å². The molecule has 2 aromatic heterocycles. The molecule has 3 aliphatic rings. The molecule has 0 spiro atoms. The lowest BCUT2D eigenvalue weighted by Crippen LogP contribution is -2.47. The predicted octanol–water partition coefficient (Wildman–Crippen LogP) is 1.50. The molecule has 6 nitrogen and oxygen atoms in total. The van der Waals surface area contributed by atoms with Gasteiger partial charge in [0, 0.05) is 44.0 Å². The summed E-state index contributed by atoms with van der Waals surface area (Å²) in [7, 11) is 2.02. The van der Waals surface area contributed by atoms with Crippen LogP contribution in [0.15, 0.2) is 23.3 Å². The fraction of sp³-hybridized carbons (Fsp3) is 0.562. The maximum atomic E-state index is 12.8. The predicted molar refractivity (Wildman–Crippen MR) is 87.7 cm³/mol. The molecular formula is C16H21N5OS. The van der Waals surface area contributed by atoms with E-state index in [2.05, 4.69) is 24.3 Å². The van der Waals surface area contributed by atoms with Crippen molar-refractivity contribution in [2.45, 2.75) is 32.0 Å². The van der Waals surface area contributed by atoms with E-state index in [-0.39, 0.29) is 5.92 Å². The second-order valence-electron chi connectivity index (χ2n) is 6.52. The van der Waals surface area contributed by atoms with Crippen LogP contribution in [0, 0.1) is 5.92 Å². The Kier molecular flexibility index (Phi) is 3.90. The molecule has 0 radical (unpaired) electrons. The lowest BCUT2D eigenvalue weighted by molar-refractivity contribution is -0.140. The highest BCUT2D eigenvalue weighted by atomic mass is 32.1. The molecule has 2 bridgehead atoms. The third-order valence-corrected chi connectivity index (χ3v) is 5.61. The fourth-order valence-electron chi connectivity index (χ4n) is 3.71. The van der Waals surface area contributed by atoms with Crippen molar-refractivity contribution in [2.24, 2.45) is 13.0 Å². The van der Waals surface area contributed by atoms with Crippen LogP contribution in [0.2, 0.25) is 0 Å². The molecule has 3 fully saturated rings. The van der Waals surface area contributed by atoms with Crippen molar-refractivity contribution in [3.63, 3.8) is 0 Å². The number of carbonyl (C=O) groups is 1. The molecule has 0 aliphatic carbocycles. The molecule has 2 atom stereocenters. The Bertz CT molecular complexity index is 682. The number of fused-ring (bicyclic) bond motifs is 4. The minimum atomic E-state index is 0.118. The summed E-state index contributed by atoms with van der Waals surface area (Å²) in [6.07, 6.45) is 5.91. The molecule has 122 valence electrons. The number of nitrogens with zero attached hydrogens (tertiary/aromatic N) is 5. The van der Waals surface area contributed by atoms with Gasteiger partial charge in [0.05, 0.1) is 30.2 Å². The molecule has 3 saturated heterocycles. The van der Waals surface area contributed by atoms with Crippen LogP contribution in [0.1, 0.15) is 24.4 Å². The van der Waals surface area contributed by atoms with Crippen LogP contribution in [0.4, 0.5) is 0 Å². The summed E-state index contributed by atoms with van der Waals surface area (Å²) in [6.45, 7) is 3.24. The third-order valence-electron chi connectivity index (χ3n) is 4.97.